The molecule has 0 amide bonds. The van der Waals surface area contributed by atoms with Gasteiger partial charge in [-0.15, -0.1) is 0 Å². The van der Waals surface area contributed by atoms with E-state index >= 15 is 0 Å². The van der Waals surface area contributed by atoms with Crippen LogP contribution in [0.1, 0.15) is 40.0 Å². The first-order valence-electron chi connectivity index (χ1n) is 5.91. The molecular formula is C12H26N2. The van der Waals surface area contributed by atoms with Crippen molar-refractivity contribution in [2.24, 2.45) is 5.92 Å². The second-order valence-electron chi connectivity index (χ2n) is 5.71. The van der Waals surface area contributed by atoms with E-state index in [9.17, 15) is 0 Å². The molecule has 0 aromatic heterocycles. The predicted octanol–water partition coefficient (Wildman–Crippen LogP) is 2.11. The zero-order valence-electron chi connectivity index (χ0n) is 10.3. The van der Waals surface area contributed by atoms with Gasteiger partial charge in [0.1, 0.15) is 0 Å². The van der Waals surface area contributed by atoms with Gasteiger partial charge in [-0.2, -0.15) is 0 Å². The van der Waals surface area contributed by atoms with E-state index in [4.69, 9.17) is 0 Å². The molecule has 0 heterocycles. The van der Waals surface area contributed by atoms with E-state index in [0.29, 0.717) is 0 Å². The number of hydrogen-bond acceptors (Lipinski definition) is 2. The fraction of sp³-hybridized carbons (Fsp3) is 1.00. The minimum atomic E-state index is 0.261. The van der Waals surface area contributed by atoms with Crippen LogP contribution in [0, 0.1) is 5.92 Å². The van der Waals surface area contributed by atoms with Gasteiger partial charge in [0.25, 0.3) is 0 Å². The van der Waals surface area contributed by atoms with Crippen molar-refractivity contribution in [3.8, 4) is 0 Å². The fourth-order valence-corrected chi connectivity index (χ4v) is 1.54. The second-order valence-corrected chi connectivity index (χ2v) is 5.71. The van der Waals surface area contributed by atoms with Crippen LogP contribution in [0.25, 0.3) is 0 Å². The molecule has 14 heavy (non-hydrogen) atoms. The smallest absolute Gasteiger partial charge is 0.0104 e. The SMILES string of the molecule is CN(CCNC(C)(C)C)CCC1CC1. The lowest BCUT2D eigenvalue weighted by Gasteiger charge is -2.23. The van der Waals surface area contributed by atoms with Crippen LogP contribution >= 0.6 is 0 Å². The molecule has 84 valence electrons. The third-order valence-corrected chi connectivity index (χ3v) is 2.76. The van der Waals surface area contributed by atoms with E-state index in [0.717, 1.165) is 12.5 Å². The maximum Gasteiger partial charge on any atom is 0.0104 e. The van der Waals surface area contributed by atoms with Crippen molar-refractivity contribution in [2.75, 3.05) is 26.7 Å². The molecule has 0 unspecified atom stereocenters. The lowest BCUT2D eigenvalue weighted by atomic mass is 10.1. The molecule has 1 fully saturated rings. The topological polar surface area (TPSA) is 15.3 Å². The van der Waals surface area contributed by atoms with E-state index in [1.54, 1.807) is 0 Å². The average Bonchev–Trinajstić information content (AvgIpc) is 2.81. The van der Waals surface area contributed by atoms with Crippen molar-refractivity contribution < 1.29 is 0 Å². The molecule has 1 N–H and O–H groups in total. The largest absolute Gasteiger partial charge is 0.311 e. The molecule has 2 heteroatoms. The summed E-state index contributed by atoms with van der Waals surface area (Å²) in [6.07, 6.45) is 4.37. The van der Waals surface area contributed by atoms with Crippen molar-refractivity contribution in [1.29, 1.82) is 0 Å². The Hall–Kier alpha value is -0.0800. The molecule has 0 aromatic rings. The van der Waals surface area contributed by atoms with Crippen LogP contribution in [0.3, 0.4) is 0 Å². The molecule has 1 aliphatic carbocycles. The third-order valence-electron chi connectivity index (χ3n) is 2.76. The minimum Gasteiger partial charge on any atom is -0.311 e. The van der Waals surface area contributed by atoms with Crippen LogP contribution in [0.15, 0.2) is 0 Å². The summed E-state index contributed by atoms with van der Waals surface area (Å²) < 4.78 is 0. The Morgan fingerprint density at radius 1 is 1.21 bits per heavy atom. The van der Waals surface area contributed by atoms with Crippen LogP contribution in [0.5, 0.6) is 0 Å². The van der Waals surface area contributed by atoms with Crippen molar-refractivity contribution in [3.63, 3.8) is 0 Å². The van der Waals surface area contributed by atoms with Crippen molar-refractivity contribution in [3.05, 3.63) is 0 Å². The lowest BCUT2D eigenvalue weighted by Crippen LogP contribution is -2.40. The fourth-order valence-electron chi connectivity index (χ4n) is 1.54. The van der Waals surface area contributed by atoms with Crippen LogP contribution < -0.4 is 5.32 Å². The van der Waals surface area contributed by atoms with Crippen molar-refractivity contribution in [1.82, 2.24) is 10.2 Å². The Balaban J connectivity index is 1.93. The molecule has 1 rings (SSSR count). The van der Waals surface area contributed by atoms with E-state index in [2.05, 4.69) is 38.0 Å². The lowest BCUT2D eigenvalue weighted by molar-refractivity contribution is 0.301. The number of hydrogen-bond donors (Lipinski definition) is 1. The van der Waals surface area contributed by atoms with Crippen LogP contribution in [0.2, 0.25) is 0 Å². The summed E-state index contributed by atoms with van der Waals surface area (Å²) in [5.74, 6) is 1.06. The van der Waals surface area contributed by atoms with Crippen molar-refractivity contribution in [2.45, 2.75) is 45.6 Å². The molecule has 0 spiro atoms. The summed E-state index contributed by atoms with van der Waals surface area (Å²) in [6.45, 7) is 10.2. The molecular weight excluding hydrogens is 172 g/mol. The Bertz CT molecular complexity index is 156. The van der Waals surface area contributed by atoms with Gasteiger partial charge in [0.15, 0.2) is 0 Å². The molecule has 0 aromatic carbocycles. The van der Waals surface area contributed by atoms with Gasteiger partial charge >= 0.3 is 0 Å². The standard InChI is InChI=1S/C12H26N2/c1-12(2,3)13-8-10-14(4)9-7-11-5-6-11/h11,13H,5-10H2,1-4H3. The normalized spacial score (nSPS) is 17.8. The van der Waals surface area contributed by atoms with Crippen molar-refractivity contribution >= 4 is 0 Å². The summed E-state index contributed by atoms with van der Waals surface area (Å²) in [4.78, 5) is 2.44. The van der Waals surface area contributed by atoms with Crippen LogP contribution in [-0.2, 0) is 0 Å². The summed E-state index contributed by atoms with van der Waals surface area (Å²) >= 11 is 0. The second kappa shape index (κ2) is 5.13. The van der Waals surface area contributed by atoms with Crippen LogP contribution in [-0.4, -0.2) is 37.1 Å². The predicted molar refractivity (Wildman–Crippen MR) is 62.6 cm³/mol. The highest BCUT2D eigenvalue weighted by molar-refractivity contribution is 4.75. The molecule has 0 bridgehead atoms. The zero-order chi connectivity index (χ0) is 10.6. The minimum absolute atomic E-state index is 0.261. The summed E-state index contributed by atoms with van der Waals surface area (Å²) in [5.41, 5.74) is 0.261. The van der Waals surface area contributed by atoms with Crippen LogP contribution in [0.4, 0.5) is 0 Å². The van der Waals surface area contributed by atoms with E-state index in [1.807, 2.05) is 0 Å². The Kier molecular flexibility index (Phi) is 4.39. The first-order valence-corrected chi connectivity index (χ1v) is 5.91. The van der Waals surface area contributed by atoms with E-state index in [-0.39, 0.29) is 5.54 Å². The highest BCUT2D eigenvalue weighted by atomic mass is 15.1. The molecule has 1 aliphatic rings. The monoisotopic (exact) mass is 198 g/mol. The molecule has 2 nitrogen and oxygen atoms in total. The number of likely N-dealkylation sites (N-methyl/N-ethyl adjacent to an activating group) is 1. The number of nitrogens with one attached hydrogen (secondary N) is 1. The van der Waals surface area contributed by atoms with Gasteiger partial charge in [0.05, 0.1) is 0 Å². The first-order chi connectivity index (χ1) is 6.47. The molecule has 1 saturated carbocycles. The van der Waals surface area contributed by atoms with E-state index in [1.165, 1.54) is 32.4 Å². The molecule has 0 saturated heterocycles. The zero-order valence-corrected chi connectivity index (χ0v) is 10.3. The third kappa shape index (κ3) is 6.39. The van der Waals surface area contributed by atoms with Gasteiger partial charge in [0.2, 0.25) is 0 Å². The first kappa shape index (κ1) is 12.0. The summed E-state index contributed by atoms with van der Waals surface area (Å²) in [7, 11) is 2.23. The quantitative estimate of drug-likeness (QED) is 0.703. The maximum absolute atomic E-state index is 3.51. The van der Waals surface area contributed by atoms with Gasteiger partial charge in [-0.1, -0.05) is 12.8 Å². The average molecular weight is 198 g/mol. The van der Waals surface area contributed by atoms with Gasteiger partial charge in [0, 0.05) is 18.6 Å². The molecule has 0 aliphatic heterocycles. The summed E-state index contributed by atoms with van der Waals surface area (Å²) in [6, 6.07) is 0. The van der Waals surface area contributed by atoms with Gasteiger partial charge in [-0.25, -0.2) is 0 Å². The highest BCUT2D eigenvalue weighted by Gasteiger charge is 2.20. The highest BCUT2D eigenvalue weighted by Crippen LogP contribution is 2.32. The number of rotatable bonds is 6. The van der Waals surface area contributed by atoms with Gasteiger partial charge < -0.3 is 10.2 Å². The Morgan fingerprint density at radius 3 is 2.36 bits per heavy atom. The maximum atomic E-state index is 3.51. The van der Waals surface area contributed by atoms with Gasteiger partial charge in [-0.3, -0.25) is 0 Å². The van der Waals surface area contributed by atoms with E-state index < -0.39 is 0 Å². The number of nitrogens with zero attached hydrogens (tertiary/aromatic N) is 1. The molecule has 0 radical (unpaired) electrons. The molecule has 0 atom stereocenters. The Morgan fingerprint density at radius 2 is 1.86 bits per heavy atom. The van der Waals surface area contributed by atoms with Gasteiger partial charge in [-0.05, 0) is 46.7 Å². The Labute approximate surface area is 89.1 Å². The summed E-state index contributed by atoms with van der Waals surface area (Å²) in [5, 5.41) is 3.51.